The second kappa shape index (κ2) is 42.1. The van der Waals surface area contributed by atoms with Crippen LogP contribution in [-0.4, -0.2) is 0 Å². The number of hydrogen-bond donors (Lipinski definition) is 0. The highest BCUT2D eigenvalue weighted by Gasteiger charge is 2.36. The molecule has 12 heteroatoms. The van der Waals surface area contributed by atoms with Crippen molar-refractivity contribution in [2.24, 2.45) is 0 Å². The average molecular weight is 1800 g/mol. The summed E-state index contributed by atoms with van der Waals surface area (Å²) in [5.74, 6) is 0. The highest BCUT2D eigenvalue weighted by atomic mass is 32.1. The summed E-state index contributed by atoms with van der Waals surface area (Å²) in [4.78, 5) is 37.0. The smallest absolute Gasteiger partial charge is 0.0484 e. The molecule has 15 rings (SSSR count). The molecule has 0 spiro atoms. The van der Waals surface area contributed by atoms with Gasteiger partial charge in [-0.1, -0.05) is 237 Å². The van der Waals surface area contributed by atoms with Crippen LogP contribution < -0.4 is 0 Å². The highest BCUT2D eigenvalue weighted by Crippen LogP contribution is 2.60. The summed E-state index contributed by atoms with van der Waals surface area (Å²) in [7, 11) is 0. The molecule has 0 fully saturated rings. The van der Waals surface area contributed by atoms with Gasteiger partial charge in [0.1, 0.15) is 0 Å². The quantitative estimate of drug-likeness (QED) is 0.0336. The van der Waals surface area contributed by atoms with Gasteiger partial charge in [0.05, 0.1) is 0 Å². The predicted octanol–water partition coefficient (Wildman–Crippen LogP) is 39.2. The fourth-order valence-corrected chi connectivity index (χ4v) is 35.7. The summed E-state index contributed by atoms with van der Waals surface area (Å²) in [6, 6.07) is 31.4. The van der Waals surface area contributed by atoms with Gasteiger partial charge in [0.15, 0.2) is 0 Å². The van der Waals surface area contributed by atoms with Crippen LogP contribution in [0.3, 0.4) is 0 Å². The topological polar surface area (TPSA) is 0 Å². The number of aryl methyl sites for hydroxylation is 4. The van der Waals surface area contributed by atoms with Crippen LogP contribution in [0.1, 0.15) is 375 Å². The third-order valence-electron chi connectivity index (χ3n) is 26.4. The minimum Gasteiger partial charge on any atom is -0.138 e. The van der Waals surface area contributed by atoms with E-state index in [0.717, 1.165) is 25.7 Å². The Balaban J connectivity index is 0.907. The first kappa shape index (κ1) is 89.2. The van der Waals surface area contributed by atoms with E-state index >= 15 is 0 Å². The van der Waals surface area contributed by atoms with Gasteiger partial charge in [0.2, 0.25) is 0 Å². The van der Waals surface area contributed by atoms with Crippen LogP contribution in [-0.2, 0) is 87.9 Å². The Morgan fingerprint density at radius 3 is 0.525 bits per heavy atom. The van der Waals surface area contributed by atoms with Crippen molar-refractivity contribution in [3.8, 4) is 97.5 Å². The summed E-state index contributed by atoms with van der Waals surface area (Å²) in [6.07, 6.45) is 55.3. The van der Waals surface area contributed by atoms with Gasteiger partial charge in [-0.15, -0.1) is 136 Å². The third-order valence-corrected chi connectivity index (χ3v) is 43.6. The molecule has 0 N–H and O–H groups in total. The maximum absolute atomic E-state index is 2.72. The molecule has 0 amide bonds. The van der Waals surface area contributed by atoms with E-state index in [0.29, 0.717) is 0 Å². The highest BCUT2D eigenvalue weighted by molar-refractivity contribution is 7.32. The molecule has 0 radical (unpaired) electrons. The molecule has 13 heterocycles. The first-order chi connectivity index (χ1) is 57.7. The molecule has 0 saturated carbocycles. The third kappa shape index (κ3) is 19.7. The molecule has 1 aliphatic heterocycles. The van der Waals surface area contributed by atoms with E-state index in [9.17, 15) is 0 Å². The molecule has 0 aromatic carbocycles. The second-order valence-corrected chi connectivity index (χ2v) is 48.7. The lowest BCUT2D eigenvalue weighted by Crippen LogP contribution is -2.15. The average Bonchev–Trinajstić information content (AvgIpc) is 1.59. The Labute approximate surface area is 761 Å². The van der Waals surface area contributed by atoms with Crippen molar-refractivity contribution in [3.05, 3.63) is 159 Å². The van der Waals surface area contributed by atoms with Gasteiger partial charge in [-0.2, -0.15) is 0 Å². The second-order valence-electron chi connectivity index (χ2n) is 36.1. The van der Waals surface area contributed by atoms with Crippen LogP contribution >= 0.6 is 136 Å². The van der Waals surface area contributed by atoms with Crippen LogP contribution in [0.5, 0.6) is 0 Å². The number of thiophene rings is 12. The zero-order valence-corrected chi connectivity index (χ0v) is 83.7. The first-order valence-corrected chi connectivity index (χ1v) is 57.0. The Morgan fingerprint density at radius 2 is 0.356 bits per heavy atom. The monoisotopic (exact) mass is 1790 g/mol. The van der Waals surface area contributed by atoms with Crippen molar-refractivity contribution in [1.29, 1.82) is 0 Å². The SMILES string of the molecule is CCCCCCc1c2sc(c1CCCCCC)-c1cc3c(s1)-c1sc(cc1CC3)-c1sc(c(CCCCCC)c1CCCCCC)-c1ccc(s1)C(C)(C)c1ccc(s1)-c1sc(c(CCCCCC)c1CCCCCC)-c1cc3c(s1)-c1sc(cc1CC3)-c1sc(c(CCCCCC)c1CCCCCC)-c1ccc(s1)C(C)(C)c1ccc-2s1. The normalized spacial score (nSPS) is 13.9. The largest absolute Gasteiger partial charge is 0.138 e. The summed E-state index contributed by atoms with van der Waals surface area (Å²) >= 11 is 25.9. The number of unbranched alkanes of at least 4 members (excludes halogenated alkanes) is 24. The molecule has 12 aromatic rings. The standard InChI is InChI=1S/C106H136S12/c1-13-21-29-37-45-73-77(49-41-33-25-17-5)101-85-65-69-53-54-70-66-86(112-94(70)93(69)111-85)102-78(50-42-34-26-18-6)75(47-39-31-23-15-3)99(117-102)83-59-63-91(109-83)106(11,12)92-64-60-84(110-92)100-76(48-40-32-24-16-4)80(52-44-36-28-20-8)104(118-100)88-68-72-56-55-71-67-87(113-95(71)96(72)114-88)103-79(51-43-35-27-19-7)74(46-38-30-22-14-2)98(116-103)82-58-62-90(108-82)105(9,10)89-61-57-81(107-89)97(73)115-101/h57-68H,13-56H2,1-12H3. The van der Waals surface area contributed by atoms with Gasteiger partial charge >= 0.3 is 0 Å². The summed E-state index contributed by atoms with van der Waals surface area (Å²) in [5.41, 5.74) is 19.6. The fraction of sp³-hybridized carbons (Fsp3) is 0.547. The first-order valence-electron chi connectivity index (χ1n) is 47.3. The Hall–Kier alpha value is -3.60. The minimum atomic E-state index is -0.144. The molecule has 12 aromatic heterocycles. The molecule has 118 heavy (non-hydrogen) atoms. The maximum Gasteiger partial charge on any atom is 0.0484 e. The lowest BCUT2D eigenvalue weighted by atomic mass is 9.89. The van der Waals surface area contributed by atoms with Crippen molar-refractivity contribution in [2.45, 2.75) is 376 Å². The maximum atomic E-state index is 2.72. The van der Waals surface area contributed by atoms with Crippen LogP contribution in [0.2, 0.25) is 0 Å². The van der Waals surface area contributed by atoms with Gasteiger partial charge in [-0.3, -0.25) is 0 Å². The van der Waals surface area contributed by atoms with E-state index in [1.54, 1.807) is 125 Å². The molecular weight excluding hydrogens is 1660 g/mol. The van der Waals surface area contributed by atoms with Crippen molar-refractivity contribution < 1.29 is 0 Å². The molecule has 0 atom stereocenters. The lowest BCUT2D eigenvalue weighted by molar-refractivity contribution is 0.653. The Bertz CT molecular complexity index is 4580. The zero-order chi connectivity index (χ0) is 81.9. The number of rotatable bonds is 40. The molecule has 0 nitrogen and oxygen atoms in total. The number of hydrogen-bond acceptors (Lipinski definition) is 12. The van der Waals surface area contributed by atoms with E-state index in [1.807, 2.05) is 0 Å². The fourth-order valence-electron chi connectivity index (χ4n) is 19.2. The summed E-state index contributed by atoms with van der Waals surface area (Å²) in [6.45, 7) is 29.3. The van der Waals surface area contributed by atoms with Crippen LogP contribution in [0.25, 0.3) is 97.5 Å². The van der Waals surface area contributed by atoms with Crippen LogP contribution in [0, 0.1) is 0 Å². The van der Waals surface area contributed by atoms with Gasteiger partial charge in [-0.25, -0.2) is 0 Å². The molecule has 0 saturated heterocycles. The zero-order valence-electron chi connectivity index (χ0n) is 73.9. The summed E-state index contributed by atoms with van der Waals surface area (Å²) < 4.78 is 0. The van der Waals surface area contributed by atoms with E-state index < -0.39 is 0 Å². The molecule has 2 aliphatic carbocycles. The van der Waals surface area contributed by atoms with Crippen molar-refractivity contribution in [2.75, 3.05) is 0 Å². The predicted molar refractivity (Wildman–Crippen MR) is 544 cm³/mol. The minimum absolute atomic E-state index is 0.144. The number of fused-ring (bicyclic) bond motifs is 28. The van der Waals surface area contributed by atoms with E-state index in [1.165, 1.54) is 315 Å². The van der Waals surface area contributed by atoms with Gasteiger partial charge in [0, 0.05) is 128 Å². The van der Waals surface area contributed by atoms with Gasteiger partial charge in [-0.05, 0) is 268 Å². The van der Waals surface area contributed by atoms with Gasteiger partial charge in [0.25, 0.3) is 0 Å². The van der Waals surface area contributed by atoms with Crippen LogP contribution in [0.15, 0.2) is 72.8 Å². The van der Waals surface area contributed by atoms with E-state index in [-0.39, 0.29) is 10.8 Å². The van der Waals surface area contributed by atoms with Crippen molar-refractivity contribution >= 4 is 136 Å². The Kier molecular flexibility index (Phi) is 31.9. The molecule has 24 bridgehead atoms. The molecule has 3 aliphatic rings. The van der Waals surface area contributed by atoms with E-state index in [4.69, 9.17) is 0 Å². The van der Waals surface area contributed by atoms with E-state index in [2.05, 4.69) is 292 Å². The molecular formula is C106H136S12. The molecule has 0 unspecified atom stereocenters. The lowest BCUT2D eigenvalue weighted by Gasteiger charge is -2.21. The van der Waals surface area contributed by atoms with Crippen LogP contribution in [0.4, 0.5) is 0 Å². The Morgan fingerprint density at radius 1 is 0.186 bits per heavy atom. The van der Waals surface area contributed by atoms with Crippen molar-refractivity contribution in [3.63, 3.8) is 0 Å². The summed E-state index contributed by atoms with van der Waals surface area (Å²) in [5, 5.41) is 0. The molecule has 632 valence electrons. The van der Waals surface area contributed by atoms with Crippen molar-refractivity contribution in [1.82, 2.24) is 0 Å². The van der Waals surface area contributed by atoms with Gasteiger partial charge < -0.3 is 0 Å².